The molecule has 7 nitrogen and oxygen atoms in total. The van der Waals surface area contributed by atoms with Crippen LogP contribution in [-0.2, 0) is 14.8 Å². The molecule has 0 saturated carbocycles. The minimum atomic E-state index is -3.34. The summed E-state index contributed by atoms with van der Waals surface area (Å²) in [5.74, 6) is -0.497. The summed E-state index contributed by atoms with van der Waals surface area (Å²) >= 11 is 0. The Balaban J connectivity index is 2.02. The Hall–Kier alpha value is -2.87. The number of sulfonamides is 1. The van der Waals surface area contributed by atoms with E-state index in [1.807, 2.05) is 0 Å². The highest BCUT2D eigenvalue weighted by molar-refractivity contribution is 7.92. The molecule has 126 valence electrons. The average Bonchev–Trinajstić information content (AvgIpc) is 2.48. The van der Waals surface area contributed by atoms with Crippen LogP contribution in [0.1, 0.15) is 17.3 Å². The summed E-state index contributed by atoms with van der Waals surface area (Å²) in [5, 5.41) is 5.32. The molecule has 0 aliphatic rings. The number of rotatable bonds is 5. The number of carbonyl (C=O) groups excluding carboxylic acids is 2. The van der Waals surface area contributed by atoms with Crippen molar-refractivity contribution >= 4 is 38.9 Å². The minimum absolute atomic E-state index is 0.185. The van der Waals surface area contributed by atoms with Gasteiger partial charge in [-0.3, -0.25) is 14.3 Å². The van der Waals surface area contributed by atoms with E-state index in [2.05, 4.69) is 15.4 Å². The Labute approximate surface area is 140 Å². The van der Waals surface area contributed by atoms with Crippen molar-refractivity contribution in [2.45, 2.75) is 6.92 Å². The first-order valence-electron chi connectivity index (χ1n) is 7.00. The van der Waals surface area contributed by atoms with Gasteiger partial charge in [0.25, 0.3) is 5.91 Å². The van der Waals surface area contributed by atoms with Crippen LogP contribution in [0.15, 0.2) is 48.5 Å². The SMILES string of the molecule is CC(=O)Nc1ccc(C(=O)Nc2ccc(NS(C)(=O)=O)cc2)cc1. The van der Waals surface area contributed by atoms with Gasteiger partial charge in [-0.25, -0.2) is 8.42 Å². The van der Waals surface area contributed by atoms with Crippen LogP contribution in [-0.4, -0.2) is 26.5 Å². The van der Waals surface area contributed by atoms with Crippen molar-refractivity contribution in [3.63, 3.8) is 0 Å². The molecular weight excluding hydrogens is 330 g/mol. The lowest BCUT2D eigenvalue weighted by atomic mass is 10.2. The molecule has 8 heteroatoms. The number of hydrogen-bond acceptors (Lipinski definition) is 4. The van der Waals surface area contributed by atoms with Crippen LogP contribution in [0.3, 0.4) is 0 Å². The molecule has 0 unspecified atom stereocenters. The van der Waals surface area contributed by atoms with E-state index in [4.69, 9.17) is 0 Å². The van der Waals surface area contributed by atoms with Crippen molar-refractivity contribution in [2.24, 2.45) is 0 Å². The molecule has 2 aromatic rings. The fourth-order valence-electron chi connectivity index (χ4n) is 1.95. The number of anilines is 3. The van der Waals surface area contributed by atoms with Crippen molar-refractivity contribution in [1.82, 2.24) is 0 Å². The molecule has 2 rings (SSSR count). The van der Waals surface area contributed by atoms with Crippen LogP contribution >= 0.6 is 0 Å². The third-order valence-corrected chi connectivity index (χ3v) is 3.52. The molecule has 0 saturated heterocycles. The molecule has 0 atom stereocenters. The van der Waals surface area contributed by atoms with Crippen molar-refractivity contribution in [2.75, 3.05) is 21.6 Å². The van der Waals surface area contributed by atoms with E-state index in [0.29, 0.717) is 22.6 Å². The Kier molecular flexibility index (Phi) is 5.20. The van der Waals surface area contributed by atoms with Gasteiger partial charge in [-0.1, -0.05) is 0 Å². The fraction of sp³-hybridized carbons (Fsp3) is 0.125. The van der Waals surface area contributed by atoms with Gasteiger partial charge in [0.2, 0.25) is 15.9 Å². The first-order valence-corrected chi connectivity index (χ1v) is 8.89. The first kappa shape index (κ1) is 17.5. The lowest BCUT2D eigenvalue weighted by Gasteiger charge is -2.08. The Morgan fingerprint density at radius 2 is 1.25 bits per heavy atom. The van der Waals surface area contributed by atoms with E-state index in [1.165, 1.54) is 6.92 Å². The topological polar surface area (TPSA) is 104 Å². The largest absolute Gasteiger partial charge is 0.326 e. The summed E-state index contributed by atoms with van der Waals surface area (Å²) in [6.45, 7) is 1.41. The highest BCUT2D eigenvalue weighted by atomic mass is 32.2. The monoisotopic (exact) mass is 347 g/mol. The van der Waals surface area contributed by atoms with Crippen LogP contribution in [0.5, 0.6) is 0 Å². The molecule has 0 aliphatic carbocycles. The standard InChI is InChI=1S/C16H17N3O4S/c1-11(20)17-13-5-3-12(4-6-13)16(21)18-14-7-9-15(10-8-14)19-24(2,22)23/h3-10,19H,1-2H3,(H,17,20)(H,18,21). The molecule has 0 aromatic heterocycles. The van der Waals surface area contributed by atoms with E-state index >= 15 is 0 Å². The third kappa shape index (κ3) is 5.40. The summed E-state index contributed by atoms with van der Waals surface area (Å²) < 4.78 is 24.6. The number of amides is 2. The van der Waals surface area contributed by atoms with Gasteiger partial charge in [-0.15, -0.1) is 0 Å². The van der Waals surface area contributed by atoms with Gasteiger partial charge >= 0.3 is 0 Å². The van der Waals surface area contributed by atoms with E-state index in [9.17, 15) is 18.0 Å². The average molecular weight is 347 g/mol. The molecular formula is C16H17N3O4S. The lowest BCUT2D eigenvalue weighted by molar-refractivity contribution is -0.114. The van der Waals surface area contributed by atoms with Gasteiger partial charge in [-0.2, -0.15) is 0 Å². The molecule has 3 N–H and O–H groups in total. The van der Waals surface area contributed by atoms with E-state index in [-0.39, 0.29) is 11.8 Å². The number of benzene rings is 2. The second kappa shape index (κ2) is 7.14. The fourth-order valence-corrected chi connectivity index (χ4v) is 2.51. The molecule has 0 heterocycles. The summed E-state index contributed by atoms with van der Waals surface area (Å²) in [7, 11) is -3.34. The minimum Gasteiger partial charge on any atom is -0.326 e. The quantitative estimate of drug-likeness (QED) is 0.771. The van der Waals surface area contributed by atoms with Crippen molar-refractivity contribution in [3.05, 3.63) is 54.1 Å². The maximum atomic E-state index is 12.2. The molecule has 0 bridgehead atoms. The van der Waals surface area contributed by atoms with E-state index < -0.39 is 10.0 Å². The van der Waals surface area contributed by atoms with Gasteiger partial charge < -0.3 is 10.6 Å². The van der Waals surface area contributed by atoms with Crippen LogP contribution in [0.25, 0.3) is 0 Å². The molecule has 0 radical (unpaired) electrons. The van der Waals surface area contributed by atoms with Gasteiger partial charge in [-0.05, 0) is 48.5 Å². The van der Waals surface area contributed by atoms with Crippen LogP contribution in [0.2, 0.25) is 0 Å². The first-order chi connectivity index (χ1) is 11.2. The zero-order chi connectivity index (χ0) is 17.7. The molecule has 0 aliphatic heterocycles. The van der Waals surface area contributed by atoms with Crippen LogP contribution < -0.4 is 15.4 Å². The van der Waals surface area contributed by atoms with Gasteiger partial charge in [0, 0.05) is 29.5 Å². The number of carbonyl (C=O) groups is 2. The Morgan fingerprint density at radius 3 is 1.75 bits per heavy atom. The predicted molar refractivity (Wildman–Crippen MR) is 93.6 cm³/mol. The summed E-state index contributed by atoms with van der Waals surface area (Å²) in [5.41, 5.74) is 1.98. The molecule has 2 aromatic carbocycles. The van der Waals surface area contributed by atoms with Crippen LogP contribution in [0.4, 0.5) is 17.1 Å². The lowest BCUT2D eigenvalue weighted by Crippen LogP contribution is -2.13. The van der Waals surface area contributed by atoms with E-state index in [1.54, 1.807) is 48.5 Å². The molecule has 0 fully saturated rings. The van der Waals surface area contributed by atoms with Crippen molar-refractivity contribution in [1.29, 1.82) is 0 Å². The predicted octanol–water partition coefficient (Wildman–Crippen LogP) is 2.27. The second-order valence-corrected chi connectivity index (χ2v) is 6.91. The zero-order valence-electron chi connectivity index (χ0n) is 13.2. The summed E-state index contributed by atoms with van der Waals surface area (Å²) in [6, 6.07) is 12.8. The van der Waals surface area contributed by atoms with Gasteiger partial charge in [0.1, 0.15) is 0 Å². The molecule has 2 amide bonds. The maximum Gasteiger partial charge on any atom is 0.255 e. The van der Waals surface area contributed by atoms with Gasteiger partial charge in [0.05, 0.1) is 6.26 Å². The number of hydrogen-bond donors (Lipinski definition) is 3. The summed E-state index contributed by atoms with van der Waals surface area (Å²) in [4.78, 5) is 23.1. The van der Waals surface area contributed by atoms with Gasteiger partial charge in [0.15, 0.2) is 0 Å². The highest BCUT2D eigenvalue weighted by Gasteiger charge is 2.07. The molecule has 0 spiro atoms. The Bertz CT molecular complexity index is 844. The zero-order valence-corrected chi connectivity index (χ0v) is 14.0. The molecule has 24 heavy (non-hydrogen) atoms. The smallest absolute Gasteiger partial charge is 0.255 e. The second-order valence-electron chi connectivity index (χ2n) is 5.16. The van der Waals surface area contributed by atoms with Crippen molar-refractivity contribution < 1.29 is 18.0 Å². The van der Waals surface area contributed by atoms with E-state index in [0.717, 1.165) is 6.26 Å². The summed E-state index contributed by atoms with van der Waals surface area (Å²) in [6.07, 6.45) is 1.06. The highest BCUT2D eigenvalue weighted by Crippen LogP contribution is 2.16. The third-order valence-electron chi connectivity index (χ3n) is 2.91. The van der Waals surface area contributed by atoms with Crippen LogP contribution in [0, 0.1) is 0 Å². The maximum absolute atomic E-state index is 12.2. The normalized spacial score (nSPS) is 10.8. The Morgan fingerprint density at radius 1 is 0.792 bits per heavy atom. The van der Waals surface area contributed by atoms with Crippen molar-refractivity contribution in [3.8, 4) is 0 Å². The number of nitrogens with one attached hydrogen (secondary N) is 3.